The van der Waals surface area contributed by atoms with Gasteiger partial charge in [0.05, 0.1) is 20.1 Å². The van der Waals surface area contributed by atoms with Crippen molar-refractivity contribution < 1.29 is 13.9 Å². The van der Waals surface area contributed by atoms with Crippen LogP contribution in [-0.4, -0.2) is 41.3 Å². The molecule has 0 aliphatic rings. The van der Waals surface area contributed by atoms with Crippen LogP contribution in [0.15, 0.2) is 4.42 Å². The first kappa shape index (κ1) is 12.6. The number of aryl methyl sites for hydroxylation is 1. The monoisotopic (exact) mass is 227 g/mol. The normalized spacial score (nSPS) is 10.8. The first-order chi connectivity index (χ1) is 7.65. The summed E-state index contributed by atoms with van der Waals surface area (Å²) in [6.07, 6.45) is 0.372. The molecule has 1 heterocycles. The Kier molecular flexibility index (Phi) is 4.91. The second-order valence-electron chi connectivity index (χ2n) is 3.41. The van der Waals surface area contributed by atoms with Crippen molar-refractivity contribution in [1.29, 1.82) is 0 Å². The molecule has 0 spiro atoms. The molecule has 0 unspecified atom stereocenters. The maximum atomic E-state index is 11.0. The van der Waals surface area contributed by atoms with E-state index in [2.05, 4.69) is 14.9 Å². The molecule has 0 aliphatic heterocycles. The van der Waals surface area contributed by atoms with Gasteiger partial charge in [-0.15, -0.1) is 10.2 Å². The van der Waals surface area contributed by atoms with E-state index in [1.54, 1.807) is 6.92 Å². The fourth-order valence-electron chi connectivity index (χ4n) is 1.29. The molecule has 6 nitrogen and oxygen atoms in total. The molecular formula is C10H17N3O3. The third-order valence-electron chi connectivity index (χ3n) is 2.23. The molecule has 0 saturated carbocycles. The second-order valence-corrected chi connectivity index (χ2v) is 3.41. The molecule has 90 valence electrons. The Bertz CT molecular complexity index is 338. The van der Waals surface area contributed by atoms with Crippen LogP contribution in [0.4, 0.5) is 0 Å². The lowest BCUT2D eigenvalue weighted by Gasteiger charge is -2.17. The van der Waals surface area contributed by atoms with E-state index in [0.29, 0.717) is 31.3 Å². The summed E-state index contributed by atoms with van der Waals surface area (Å²) >= 11 is 0. The molecule has 1 aromatic rings. The number of esters is 1. The number of hydrogen-bond acceptors (Lipinski definition) is 6. The number of ether oxygens (including phenoxy) is 1. The lowest BCUT2D eigenvalue weighted by atomic mass is 10.3. The summed E-state index contributed by atoms with van der Waals surface area (Å²) in [6, 6.07) is 0. The van der Waals surface area contributed by atoms with Crippen LogP contribution in [0.1, 0.15) is 25.1 Å². The maximum absolute atomic E-state index is 11.0. The molecule has 16 heavy (non-hydrogen) atoms. The largest absolute Gasteiger partial charge is 0.469 e. The number of methoxy groups -OCH3 is 1. The van der Waals surface area contributed by atoms with Crippen LogP contribution in [0, 0.1) is 6.92 Å². The van der Waals surface area contributed by atoms with Gasteiger partial charge >= 0.3 is 5.97 Å². The molecule has 0 saturated heterocycles. The highest BCUT2D eigenvalue weighted by molar-refractivity contribution is 5.69. The highest BCUT2D eigenvalue weighted by atomic mass is 16.5. The quantitative estimate of drug-likeness (QED) is 0.668. The van der Waals surface area contributed by atoms with Crippen molar-refractivity contribution in [2.75, 3.05) is 20.2 Å². The number of nitrogens with zero attached hydrogens (tertiary/aromatic N) is 3. The van der Waals surface area contributed by atoms with E-state index in [0.717, 1.165) is 6.54 Å². The molecule has 0 aromatic carbocycles. The van der Waals surface area contributed by atoms with E-state index in [9.17, 15) is 4.79 Å². The summed E-state index contributed by atoms with van der Waals surface area (Å²) in [5, 5.41) is 7.66. The molecular weight excluding hydrogens is 210 g/mol. The number of aromatic nitrogens is 2. The van der Waals surface area contributed by atoms with Gasteiger partial charge in [0, 0.05) is 13.5 Å². The standard InChI is InChI=1S/C10H17N3O3/c1-4-13(6-5-10(14)15-3)7-9-12-11-8(2)16-9/h4-7H2,1-3H3. The molecule has 1 rings (SSSR count). The first-order valence-electron chi connectivity index (χ1n) is 5.23. The summed E-state index contributed by atoms with van der Waals surface area (Å²) in [4.78, 5) is 13.0. The van der Waals surface area contributed by atoms with Gasteiger partial charge in [-0.05, 0) is 6.54 Å². The van der Waals surface area contributed by atoms with Crippen molar-refractivity contribution >= 4 is 5.97 Å². The minimum Gasteiger partial charge on any atom is -0.469 e. The number of carbonyl (C=O) groups is 1. The molecule has 0 amide bonds. The second kappa shape index (κ2) is 6.22. The third kappa shape index (κ3) is 3.98. The van der Waals surface area contributed by atoms with Crippen LogP contribution in [0.3, 0.4) is 0 Å². The van der Waals surface area contributed by atoms with Crippen molar-refractivity contribution in [3.05, 3.63) is 11.8 Å². The van der Waals surface area contributed by atoms with Gasteiger partial charge < -0.3 is 9.15 Å². The summed E-state index contributed by atoms with van der Waals surface area (Å²) in [6.45, 7) is 5.78. The Hall–Kier alpha value is -1.43. The smallest absolute Gasteiger partial charge is 0.306 e. The molecule has 0 atom stereocenters. The van der Waals surface area contributed by atoms with Gasteiger partial charge in [-0.25, -0.2) is 0 Å². The highest BCUT2D eigenvalue weighted by Gasteiger charge is 2.10. The number of rotatable bonds is 6. The van der Waals surface area contributed by atoms with Gasteiger partial charge in [-0.3, -0.25) is 9.69 Å². The van der Waals surface area contributed by atoms with Crippen LogP contribution in [-0.2, 0) is 16.1 Å². The summed E-state index contributed by atoms with van der Waals surface area (Å²) < 4.78 is 9.85. The molecule has 1 aromatic heterocycles. The van der Waals surface area contributed by atoms with E-state index >= 15 is 0 Å². The van der Waals surface area contributed by atoms with Gasteiger partial charge in [-0.1, -0.05) is 6.92 Å². The Morgan fingerprint density at radius 3 is 2.75 bits per heavy atom. The Labute approximate surface area is 94.6 Å². The Balaban J connectivity index is 2.40. The topological polar surface area (TPSA) is 68.5 Å². The lowest BCUT2D eigenvalue weighted by molar-refractivity contribution is -0.141. The summed E-state index contributed by atoms with van der Waals surface area (Å²) in [7, 11) is 1.39. The molecule has 0 N–H and O–H groups in total. The summed E-state index contributed by atoms with van der Waals surface area (Å²) in [5.74, 6) is 0.920. The molecule has 0 aliphatic carbocycles. The van der Waals surface area contributed by atoms with Gasteiger partial charge in [0.2, 0.25) is 11.8 Å². The van der Waals surface area contributed by atoms with E-state index in [4.69, 9.17) is 4.42 Å². The predicted molar refractivity (Wildman–Crippen MR) is 56.6 cm³/mol. The van der Waals surface area contributed by atoms with Crippen molar-refractivity contribution in [3.8, 4) is 0 Å². The van der Waals surface area contributed by atoms with Crippen LogP contribution in [0.25, 0.3) is 0 Å². The van der Waals surface area contributed by atoms with Gasteiger partial charge in [0.25, 0.3) is 0 Å². The van der Waals surface area contributed by atoms with E-state index in [1.807, 2.05) is 11.8 Å². The highest BCUT2D eigenvalue weighted by Crippen LogP contribution is 2.04. The summed E-state index contributed by atoms with van der Waals surface area (Å²) in [5.41, 5.74) is 0. The average Bonchev–Trinajstić information content (AvgIpc) is 2.69. The van der Waals surface area contributed by atoms with E-state index in [-0.39, 0.29) is 5.97 Å². The van der Waals surface area contributed by atoms with Gasteiger partial charge in [0.1, 0.15) is 0 Å². The fraction of sp³-hybridized carbons (Fsp3) is 0.700. The average molecular weight is 227 g/mol. The van der Waals surface area contributed by atoms with Crippen LogP contribution < -0.4 is 0 Å². The minimum absolute atomic E-state index is 0.208. The maximum Gasteiger partial charge on any atom is 0.306 e. The zero-order valence-corrected chi connectivity index (χ0v) is 9.89. The molecule has 0 fully saturated rings. The van der Waals surface area contributed by atoms with Crippen LogP contribution in [0.5, 0.6) is 0 Å². The zero-order valence-electron chi connectivity index (χ0n) is 9.89. The van der Waals surface area contributed by atoms with E-state index in [1.165, 1.54) is 7.11 Å². The van der Waals surface area contributed by atoms with Crippen LogP contribution in [0.2, 0.25) is 0 Å². The lowest BCUT2D eigenvalue weighted by Crippen LogP contribution is -2.26. The van der Waals surface area contributed by atoms with Gasteiger partial charge in [-0.2, -0.15) is 0 Å². The Morgan fingerprint density at radius 2 is 2.25 bits per heavy atom. The fourth-order valence-corrected chi connectivity index (χ4v) is 1.29. The predicted octanol–water partition coefficient (Wildman–Crippen LogP) is 0.763. The number of hydrogen-bond donors (Lipinski definition) is 0. The third-order valence-corrected chi connectivity index (χ3v) is 2.23. The van der Waals surface area contributed by atoms with Crippen molar-refractivity contribution in [3.63, 3.8) is 0 Å². The molecule has 6 heteroatoms. The van der Waals surface area contributed by atoms with Crippen molar-refractivity contribution in [1.82, 2.24) is 15.1 Å². The van der Waals surface area contributed by atoms with Crippen molar-refractivity contribution in [2.24, 2.45) is 0 Å². The molecule has 0 bridgehead atoms. The van der Waals surface area contributed by atoms with Crippen molar-refractivity contribution in [2.45, 2.75) is 26.8 Å². The van der Waals surface area contributed by atoms with Gasteiger partial charge in [0.15, 0.2) is 0 Å². The Morgan fingerprint density at radius 1 is 1.50 bits per heavy atom. The molecule has 0 radical (unpaired) electrons. The zero-order chi connectivity index (χ0) is 12.0. The SMILES string of the molecule is CCN(CCC(=O)OC)Cc1nnc(C)o1. The number of carbonyl (C=O) groups excluding carboxylic acids is 1. The van der Waals surface area contributed by atoms with Crippen LogP contribution >= 0.6 is 0 Å². The van der Waals surface area contributed by atoms with E-state index < -0.39 is 0 Å². The minimum atomic E-state index is -0.208. The first-order valence-corrected chi connectivity index (χ1v) is 5.23.